The first-order valence-electron chi connectivity index (χ1n) is 5.63. The van der Waals surface area contributed by atoms with Crippen molar-refractivity contribution in [2.24, 2.45) is 0 Å². The number of imidazole rings is 1. The quantitative estimate of drug-likeness (QED) is 0.675. The molecule has 0 fully saturated rings. The number of rotatable bonds is 4. The zero-order valence-electron chi connectivity index (χ0n) is 10.1. The molecule has 0 aliphatic rings. The molecule has 20 heavy (non-hydrogen) atoms. The molecule has 9 heteroatoms. The van der Waals surface area contributed by atoms with Crippen molar-refractivity contribution in [1.82, 2.24) is 15.3 Å². The lowest BCUT2D eigenvalue weighted by atomic mass is 10.2. The molecule has 4 N–H and O–H groups in total. The van der Waals surface area contributed by atoms with Gasteiger partial charge in [0.25, 0.3) is 0 Å². The minimum Gasteiger partial charge on any atom is -0.325 e. The third-order valence-electron chi connectivity index (χ3n) is 2.41. The maximum Gasteiger partial charge on any atom is 0.401 e. The second kappa shape index (κ2) is 5.37. The number of halogens is 3. The molecule has 108 valence electrons. The van der Waals surface area contributed by atoms with Crippen LogP contribution in [-0.4, -0.2) is 35.1 Å². The van der Waals surface area contributed by atoms with Gasteiger partial charge in [-0.25, -0.2) is 4.79 Å². The van der Waals surface area contributed by atoms with Gasteiger partial charge >= 0.3 is 11.9 Å². The van der Waals surface area contributed by atoms with E-state index in [1.54, 1.807) is 6.07 Å². The van der Waals surface area contributed by atoms with Crippen molar-refractivity contribution in [3.63, 3.8) is 0 Å². The number of H-pyrrole nitrogens is 2. The molecule has 0 radical (unpaired) electrons. The molecule has 1 aromatic heterocycles. The van der Waals surface area contributed by atoms with Gasteiger partial charge in [-0.2, -0.15) is 13.2 Å². The number of aromatic nitrogens is 2. The normalized spacial score (nSPS) is 11.8. The van der Waals surface area contributed by atoms with Crippen LogP contribution in [0.3, 0.4) is 0 Å². The van der Waals surface area contributed by atoms with Gasteiger partial charge in [0.2, 0.25) is 5.91 Å². The van der Waals surface area contributed by atoms with Crippen LogP contribution in [0.4, 0.5) is 18.9 Å². The Morgan fingerprint density at radius 1 is 1.20 bits per heavy atom. The van der Waals surface area contributed by atoms with E-state index in [0.717, 1.165) is 0 Å². The summed E-state index contributed by atoms with van der Waals surface area (Å²) in [7, 11) is 0. The van der Waals surface area contributed by atoms with E-state index in [1.165, 1.54) is 12.1 Å². The van der Waals surface area contributed by atoms with Crippen molar-refractivity contribution >= 4 is 22.6 Å². The number of carbonyl (C=O) groups excluding carboxylic acids is 1. The van der Waals surface area contributed by atoms with Crippen molar-refractivity contribution in [1.29, 1.82) is 0 Å². The number of amides is 1. The Morgan fingerprint density at radius 2 is 1.90 bits per heavy atom. The highest BCUT2D eigenvalue weighted by molar-refractivity contribution is 5.94. The first-order chi connectivity index (χ1) is 9.33. The SMILES string of the molecule is O=C(CNCC(F)(F)F)Nc1ccc2[nH]c(=O)[nH]c2c1. The molecule has 0 atom stereocenters. The summed E-state index contributed by atoms with van der Waals surface area (Å²) in [5, 5.41) is 4.41. The van der Waals surface area contributed by atoms with Crippen molar-refractivity contribution in [2.45, 2.75) is 6.18 Å². The van der Waals surface area contributed by atoms with E-state index >= 15 is 0 Å². The van der Waals surface area contributed by atoms with Crippen molar-refractivity contribution < 1.29 is 18.0 Å². The highest BCUT2D eigenvalue weighted by Gasteiger charge is 2.26. The minimum atomic E-state index is -4.36. The van der Waals surface area contributed by atoms with Crippen LogP contribution in [0.15, 0.2) is 23.0 Å². The second-order valence-electron chi connectivity index (χ2n) is 4.11. The minimum absolute atomic E-state index is 0.379. The number of anilines is 1. The number of benzene rings is 1. The summed E-state index contributed by atoms with van der Waals surface area (Å²) in [6.45, 7) is -1.69. The molecule has 0 spiro atoms. The Hall–Kier alpha value is -2.29. The number of alkyl halides is 3. The van der Waals surface area contributed by atoms with E-state index in [1.807, 2.05) is 5.32 Å². The third-order valence-corrected chi connectivity index (χ3v) is 2.41. The molecule has 0 saturated heterocycles. The number of nitrogens with one attached hydrogen (secondary N) is 4. The summed E-state index contributed by atoms with van der Waals surface area (Å²) in [6, 6.07) is 4.62. The Balaban J connectivity index is 1.94. The molecular weight excluding hydrogens is 277 g/mol. The van der Waals surface area contributed by atoms with Gasteiger partial charge in [-0.1, -0.05) is 0 Å². The van der Waals surface area contributed by atoms with Crippen molar-refractivity contribution in [2.75, 3.05) is 18.4 Å². The van der Waals surface area contributed by atoms with Crippen LogP contribution in [0, 0.1) is 0 Å². The molecule has 0 aliphatic carbocycles. The molecule has 2 rings (SSSR count). The van der Waals surface area contributed by atoms with Gasteiger partial charge in [0.15, 0.2) is 0 Å². The van der Waals surface area contributed by atoms with Gasteiger partial charge in [0.05, 0.1) is 24.1 Å². The molecular formula is C11H11F3N4O2. The van der Waals surface area contributed by atoms with Crippen molar-refractivity contribution in [3.05, 3.63) is 28.7 Å². The van der Waals surface area contributed by atoms with E-state index in [-0.39, 0.29) is 5.69 Å². The fraction of sp³-hybridized carbons (Fsp3) is 0.273. The average molecular weight is 288 g/mol. The first kappa shape index (κ1) is 14.1. The lowest BCUT2D eigenvalue weighted by molar-refractivity contribution is -0.126. The fourth-order valence-corrected chi connectivity index (χ4v) is 1.63. The number of carbonyl (C=O) groups is 1. The summed E-state index contributed by atoms with van der Waals surface area (Å²) in [5.41, 5.74) is 1.07. The molecule has 1 heterocycles. The van der Waals surface area contributed by atoms with E-state index in [4.69, 9.17) is 0 Å². The Kier molecular flexibility index (Phi) is 3.79. The highest BCUT2D eigenvalue weighted by atomic mass is 19.4. The zero-order chi connectivity index (χ0) is 14.8. The number of hydrogen-bond acceptors (Lipinski definition) is 3. The average Bonchev–Trinajstić information content (AvgIpc) is 2.66. The van der Waals surface area contributed by atoms with Crippen LogP contribution in [0.5, 0.6) is 0 Å². The lowest BCUT2D eigenvalue weighted by Gasteiger charge is -2.08. The van der Waals surface area contributed by atoms with Gasteiger partial charge in [0, 0.05) is 5.69 Å². The lowest BCUT2D eigenvalue weighted by Crippen LogP contribution is -2.35. The van der Waals surface area contributed by atoms with Gasteiger partial charge in [-0.3, -0.25) is 4.79 Å². The summed E-state index contributed by atoms with van der Waals surface area (Å²) in [5.74, 6) is -0.605. The Bertz CT molecular complexity index is 674. The number of hydrogen-bond donors (Lipinski definition) is 4. The number of aromatic amines is 2. The molecule has 1 amide bonds. The van der Waals surface area contributed by atoms with Crippen LogP contribution >= 0.6 is 0 Å². The molecule has 2 aromatic rings. The standard InChI is InChI=1S/C11H11F3N4O2/c12-11(13,14)5-15-4-9(19)16-6-1-2-7-8(3-6)18-10(20)17-7/h1-3,15H,4-5H2,(H,16,19)(H2,17,18,20). The summed E-state index contributed by atoms with van der Waals surface area (Å²) < 4.78 is 35.6. The predicted octanol–water partition coefficient (Wildman–Crippen LogP) is 0.947. The van der Waals surface area contributed by atoms with E-state index in [2.05, 4.69) is 15.3 Å². The topological polar surface area (TPSA) is 89.8 Å². The predicted molar refractivity (Wildman–Crippen MR) is 66.5 cm³/mol. The van der Waals surface area contributed by atoms with Crippen molar-refractivity contribution in [3.8, 4) is 0 Å². The van der Waals surface area contributed by atoms with E-state index < -0.39 is 25.2 Å². The van der Waals surface area contributed by atoms with Crippen LogP contribution < -0.4 is 16.3 Å². The van der Waals surface area contributed by atoms with Gasteiger partial charge in [-0.05, 0) is 18.2 Å². The summed E-state index contributed by atoms with van der Waals surface area (Å²) in [4.78, 5) is 27.5. The summed E-state index contributed by atoms with van der Waals surface area (Å²) in [6.07, 6.45) is -4.36. The van der Waals surface area contributed by atoms with Crippen LogP contribution in [0.25, 0.3) is 11.0 Å². The van der Waals surface area contributed by atoms with Gasteiger partial charge < -0.3 is 20.6 Å². The van der Waals surface area contributed by atoms with Crippen LogP contribution in [0.1, 0.15) is 0 Å². The maximum atomic E-state index is 11.9. The highest BCUT2D eigenvalue weighted by Crippen LogP contribution is 2.14. The summed E-state index contributed by atoms with van der Waals surface area (Å²) >= 11 is 0. The van der Waals surface area contributed by atoms with E-state index in [9.17, 15) is 22.8 Å². The molecule has 0 unspecified atom stereocenters. The first-order valence-corrected chi connectivity index (χ1v) is 5.63. The smallest absolute Gasteiger partial charge is 0.325 e. The monoisotopic (exact) mass is 288 g/mol. The van der Waals surface area contributed by atoms with E-state index in [0.29, 0.717) is 16.7 Å². The van der Waals surface area contributed by atoms with Crippen LogP contribution in [-0.2, 0) is 4.79 Å². The Labute approximate surface area is 110 Å². The van der Waals surface area contributed by atoms with Gasteiger partial charge in [-0.15, -0.1) is 0 Å². The largest absolute Gasteiger partial charge is 0.401 e. The molecule has 0 aliphatic heterocycles. The molecule has 6 nitrogen and oxygen atoms in total. The zero-order valence-corrected chi connectivity index (χ0v) is 10.1. The number of fused-ring (bicyclic) bond motifs is 1. The van der Waals surface area contributed by atoms with Gasteiger partial charge in [0.1, 0.15) is 0 Å². The third kappa shape index (κ3) is 3.85. The molecule has 0 saturated carbocycles. The maximum absolute atomic E-state index is 11.9. The molecule has 0 bridgehead atoms. The molecule has 1 aromatic carbocycles. The Morgan fingerprint density at radius 3 is 2.60 bits per heavy atom. The van der Waals surface area contributed by atoms with Crippen LogP contribution in [0.2, 0.25) is 0 Å². The fourth-order valence-electron chi connectivity index (χ4n) is 1.63. The second-order valence-corrected chi connectivity index (χ2v) is 4.11.